The molecule has 0 aromatic carbocycles. The number of aliphatic hydroxyl groups excluding tert-OH is 3. The molecule has 14 heavy (non-hydrogen) atoms. The number of ether oxygens (including phenoxy) is 1. The fourth-order valence-corrected chi connectivity index (χ4v) is 0.872. The molecule has 0 saturated carbocycles. The Hall–Kier alpha value is -0.690. The van der Waals surface area contributed by atoms with Crippen LogP contribution in [-0.4, -0.2) is 57.4 Å². The first-order valence-corrected chi connectivity index (χ1v) is 4.24. The molecule has 3 atom stereocenters. The normalized spacial score (nSPS) is 19.6. The lowest BCUT2D eigenvalue weighted by molar-refractivity contribution is -0.185. The molecule has 6 nitrogen and oxygen atoms in total. The van der Waals surface area contributed by atoms with E-state index in [1.165, 1.54) is 0 Å². The van der Waals surface area contributed by atoms with Gasteiger partial charge in [0.15, 0.2) is 5.60 Å². The van der Waals surface area contributed by atoms with Crippen LogP contribution in [0.25, 0.3) is 0 Å². The van der Waals surface area contributed by atoms with E-state index in [0.29, 0.717) is 0 Å². The Bertz CT molecular complexity index is 190. The van der Waals surface area contributed by atoms with Crippen molar-refractivity contribution in [2.24, 2.45) is 0 Å². The van der Waals surface area contributed by atoms with Gasteiger partial charge in [-0.1, -0.05) is 0 Å². The summed E-state index contributed by atoms with van der Waals surface area (Å²) in [4.78, 5) is 11.1. The summed E-state index contributed by atoms with van der Waals surface area (Å²) >= 11 is 0. The molecule has 0 radical (unpaired) electrons. The van der Waals surface area contributed by atoms with Crippen LogP contribution >= 0.6 is 0 Å². The molecule has 0 aromatic heterocycles. The average molecular weight is 208 g/mol. The highest BCUT2D eigenvalue weighted by Crippen LogP contribution is 2.15. The zero-order chi connectivity index (χ0) is 11.4. The van der Waals surface area contributed by atoms with E-state index in [1.807, 2.05) is 0 Å². The van der Waals surface area contributed by atoms with Crippen molar-refractivity contribution >= 4 is 5.97 Å². The molecule has 0 aliphatic carbocycles. The Labute approximate surface area is 81.7 Å². The first-order valence-electron chi connectivity index (χ1n) is 4.24. The molecule has 0 aromatic rings. The third-order valence-corrected chi connectivity index (χ3v) is 1.82. The topological polar surface area (TPSA) is 107 Å². The van der Waals surface area contributed by atoms with Crippen molar-refractivity contribution in [2.45, 2.75) is 31.7 Å². The summed E-state index contributed by atoms with van der Waals surface area (Å²) < 4.78 is 4.48. The lowest BCUT2D eigenvalue weighted by Crippen LogP contribution is -2.54. The summed E-state index contributed by atoms with van der Waals surface area (Å²) in [5.74, 6) is -1.04. The number of carbonyl (C=O) groups is 1. The molecule has 0 bridgehead atoms. The van der Waals surface area contributed by atoms with Crippen molar-refractivity contribution in [3.63, 3.8) is 0 Å². The van der Waals surface area contributed by atoms with E-state index < -0.39 is 30.4 Å². The van der Waals surface area contributed by atoms with Crippen molar-refractivity contribution in [3.8, 4) is 0 Å². The molecule has 0 aliphatic rings. The van der Waals surface area contributed by atoms with Crippen molar-refractivity contribution < 1.29 is 30.0 Å². The quantitative estimate of drug-likeness (QED) is 0.390. The smallest absolute Gasteiger partial charge is 0.340 e. The first kappa shape index (κ1) is 13.3. The van der Waals surface area contributed by atoms with Crippen LogP contribution in [0.3, 0.4) is 0 Å². The fourth-order valence-electron chi connectivity index (χ4n) is 0.872. The van der Waals surface area contributed by atoms with E-state index in [2.05, 4.69) is 4.74 Å². The molecular formula is C8H16O6. The summed E-state index contributed by atoms with van der Waals surface area (Å²) in [6, 6.07) is 0. The Morgan fingerprint density at radius 1 is 1.50 bits per heavy atom. The van der Waals surface area contributed by atoms with Gasteiger partial charge in [0.25, 0.3) is 0 Å². The molecule has 6 heteroatoms. The van der Waals surface area contributed by atoms with Gasteiger partial charge in [0.1, 0.15) is 12.2 Å². The second-order valence-corrected chi connectivity index (χ2v) is 3.06. The second-order valence-electron chi connectivity index (χ2n) is 3.06. The van der Waals surface area contributed by atoms with Crippen LogP contribution < -0.4 is 0 Å². The van der Waals surface area contributed by atoms with E-state index >= 15 is 0 Å². The number of hydrogen-bond donors (Lipinski definition) is 4. The Kier molecular flexibility index (Phi) is 5.00. The van der Waals surface area contributed by atoms with Crippen molar-refractivity contribution in [3.05, 3.63) is 0 Å². The molecule has 0 spiro atoms. The van der Waals surface area contributed by atoms with Crippen molar-refractivity contribution in [2.75, 3.05) is 13.2 Å². The van der Waals surface area contributed by atoms with Crippen LogP contribution in [-0.2, 0) is 9.53 Å². The van der Waals surface area contributed by atoms with Crippen LogP contribution in [0.4, 0.5) is 0 Å². The van der Waals surface area contributed by atoms with Gasteiger partial charge in [0.05, 0.1) is 13.2 Å². The number of aliphatic hydroxyl groups is 4. The third-order valence-electron chi connectivity index (χ3n) is 1.82. The molecular weight excluding hydrogens is 192 g/mol. The van der Waals surface area contributed by atoms with E-state index in [1.54, 1.807) is 6.92 Å². The van der Waals surface area contributed by atoms with Gasteiger partial charge in [-0.3, -0.25) is 0 Å². The van der Waals surface area contributed by atoms with Crippen LogP contribution in [0, 0.1) is 0 Å². The molecule has 0 saturated heterocycles. The van der Waals surface area contributed by atoms with E-state index in [0.717, 1.165) is 6.92 Å². The fraction of sp³-hybridized carbons (Fsp3) is 0.875. The van der Waals surface area contributed by atoms with Gasteiger partial charge in [-0.15, -0.1) is 0 Å². The second kappa shape index (κ2) is 5.26. The Morgan fingerprint density at radius 3 is 2.36 bits per heavy atom. The maximum Gasteiger partial charge on any atom is 0.340 e. The summed E-state index contributed by atoms with van der Waals surface area (Å²) in [6.07, 6.45) is -3.37. The summed E-state index contributed by atoms with van der Waals surface area (Å²) in [7, 11) is 0. The van der Waals surface area contributed by atoms with E-state index in [-0.39, 0.29) is 6.61 Å². The summed E-state index contributed by atoms with van der Waals surface area (Å²) in [5, 5.41) is 36.3. The Morgan fingerprint density at radius 2 is 2.00 bits per heavy atom. The van der Waals surface area contributed by atoms with Crippen molar-refractivity contribution in [1.82, 2.24) is 0 Å². The minimum atomic E-state index is -2.22. The number of esters is 1. The molecule has 0 fully saturated rings. The molecule has 0 rings (SSSR count). The molecule has 0 aliphatic heterocycles. The molecule has 0 amide bonds. The van der Waals surface area contributed by atoms with Crippen LogP contribution in [0.15, 0.2) is 0 Å². The predicted molar refractivity (Wildman–Crippen MR) is 46.4 cm³/mol. The van der Waals surface area contributed by atoms with Crippen LogP contribution in [0.2, 0.25) is 0 Å². The van der Waals surface area contributed by atoms with Crippen molar-refractivity contribution in [1.29, 1.82) is 0 Å². The molecule has 0 unspecified atom stereocenters. The SMILES string of the molecule is CCOC(=O)[C@@](C)(O)[C@H](O)[C@H](O)CO. The largest absolute Gasteiger partial charge is 0.464 e. The van der Waals surface area contributed by atoms with Gasteiger partial charge in [0.2, 0.25) is 0 Å². The van der Waals surface area contributed by atoms with Gasteiger partial charge in [-0.05, 0) is 13.8 Å². The molecule has 0 heterocycles. The third kappa shape index (κ3) is 2.91. The highest BCUT2D eigenvalue weighted by molar-refractivity contribution is 5.79. The zero-order valence-electron chi connectivity index (χ0n) is 8.17. The van der Waals surface area contributed by atoms with E-state index in [9.17, 15) is 15.0 Å². The summed E-state index contributed by atoms with van der Waals surface area (Å²) in [5.41, 5.74) is -2.22. The first-order chi connectivity index (χ1) is 6.37. The van der Waals surface area contributed by atoms with Gasteiger partial charge in [0, 0.05) is 0 Å². The highest BCUT2D eigenvalue weighted by Gasteiger charge is 2.43. The average Bonchev–Trinajstić information content (AvgIpc) is 2.15. The van der Waals surface area contributed by atoms with Gasteiger partial charge in [-0.25, -0.2) is 4.79 Å². The van der Waals surface area contributed by atoms with Gasteiger partial charge in [-0.2, -0.15) is 0 Å². The maximum absolute atomic E-state index is 11.1. The minimum absolute atomic E-state index is 0.0525. The molecule has 4 N–H and O–H groups in total. The number of carbonyl (C=O) groups excluding carboxylic acids is 1. The van der Waals surface area contributed by atoms with E-state index in [4.69, 9.17) is 10.2 Å². The standard InChI is InChI=1S/C8H16O6/c1-3-14-7(12)8(2,13)6(11)5(10)4-9/h5-6,9-11,13H,3-4H2,1-2H3/t5-,6-,8+/m1/s1. The lowest BCUT2D eigenvalue weighted by Gasteiger charge is -2.29. The van der Waals surface area contributed by atoms with Crippen LogP contribution in [0.5, 0.6) is 0 Å². The monoisotopic (exact) mass is 208 g/mol. The summed E-state index contributed by atoms with van der Waals surface area (Å²) in [6.45, 7) is 1.85. The molecule has 84 valence electrons. The highest BCUT2D eigenvalue weighted by atomic mass is 16.6. The lowest BCUT2D eigenvalue weighted by atomic mass is 9.95. The number of rotatable bonds is 5. The minimum Gasteiger partial charge on any atom is -0.464 e. The van der Waals surface area contributed by atoms with Gasteiger partial charge >= 0.3 is 5.97 Å². The maximum atomic E-state index is 11.1. The Balaban J connectivity index is 4.50. The van der Waals surface area contributed by atoms with Crippen LogP contribution in [0.1, 0.15) is 13.8 Å². The predicted octanol–water partition coefficient (Wildman–Crippen LogP) is -1.99. The zero-order valence-corrected chi connectivity index (χ0v) is 8.17. The number of hydrogen-bond acceptors (Lipinski definition) is 6. The van der Waals surface area contributed by atoms with Gasteiger partial charge < -0.3 is 25.2 Å².